The van der Waals surface area contributed by atoms with Crippen LogP contribution in [0.25, 0.3) is 0 Å². The Kier molecular flexibility index (Phi) is 4.89. The molecule has 29 heavy (non-hydrogen) atoms. The average molecular weight is 410 g/mol. The summed E-state index contributed by atoms with van der Waals surface area (Å²) in [6.07, 6.45) is -3.50. The Labute approximate surface area is 164 Å². The number of amides is 1. The number of ether oxygens (including phenoxy) is 1. The predicted octanol–water partition coefficient (Wildman–Crippen LogP) is 2.89. The van der Waals surface area contributed by atoms with Gasteiger partial charge in [-0.1, -0.05) is 0 Å². The molecule has 6 nitrogen and oxygen atoms in total. The van der Waals surface area contributed by atoms with Crippen molar-refractivity contribution in [2.75, 3.05) is 42.6 Å². The Balaban J connectivity index is 1.59. The third-order valence-corrected chi connectivity index (χ3v) is 5.17. The van der Waals surface area contributed by atoms with Crippen molar-refractivity contribution < 1.29 is 27.1 Å². The van der Waals surface area contributed by atoms with Gasteiger partial charge in [0.2, 0.25) is 5.91 Å². The standard InChI is InChI=1S/C19H18F4N4O2/c20-13-1-3-14(4-2-13)27-10-18(8-17(27)28)9-26(5-6-29-11-18)16-7-15(19(21,22)23)24-12-25-16/h1-4,7,12H,5-6,8-11H2. The quantitative estimate of drug-likeness (QED) is 0.713. The first-order valence-corrected chi connectivity index (χ1v) is 9.04. The number of carbonyl (C=O) groups excluding carboxylic acids is 1. The van der Waals surface area contributed by atoms with Crippen molar-refractivity contribution in [1.82, 2.24) is 9.97 Å². The van der Waals surface area contributed by atoms with Crippen LogP contribution in [-0.4, -0.2) is 48.7 Å². The molecule has 4 rings (SSSR count). The number of hydrogen-bond donors (Lipinski definition) is 0. The molecule has 2 fully saturated rings. The Morgan fingerprint density at radius 1 is 1.10 bits per heavy atom. The highest BCUT2D eigenvalue weighted by atomic mass is 19.4. The fourth-order valence-electron chi connectivity index (χ4n) is 3.82. The normalized spacial score (nSPS) is 23.0. The van der Waals surface area contributed by atoms with E-state index in [0.29, 0.717) is 38.5 Å². The summed E-state index contributed by atoms with van der Waals surface area (Å²) in [4.78, 5) is 23.2. The van der Waals surface area contributed by atoms with Gasteiger partial charge in [-0.15, -0.1) is 0 Å². The minimum absolute atomic E-state index is 0.138. The van der Waals surface area contributed by atoms with E-state index in [9.17, 15) is 22.4 Å². The SMILES string of the molecule is O=C1CC2(COCCN(c3cc(C(F)(F)F)ncn3)C2)CN1c1ccc(F)cc1. The molecule has 0 aliphatic carbocycles. The van der Waals surface area contributed by atoms with Gasteiger partial charge in [0.05, 0.1) is 13.2 Å². The second kappa shape index (κ2) is 7.25. The number of alkyl halides is 3. The molecule has 2 aliphatic heterocycles. The monoisotopic (exact) mass is 410 g/mol. The number of benzene rings is 1. The summed E-state index contributed by atoms with van der Waals surface area (Å²) >= 11 is 0. The maximum absolute atomic E-state index is 13.2. The maximum atomic E-state index is 13.2. The summed E-state index contributed by atoms with van der Waals surface area (Å²) in [6, 6.07) is 6.53. The zero-order valence-electron chi connectivity index (χ0n) is 15.3. The molecule has 1 spiro atoms. The lowest BCUT2D eigenvalue weighted by atomic mass is 9.87. The molecule has 2 aliphatic rings. The van der Waals surface area contributed by atoms with Crippen molar-refractivity contribution >= 4 is 17.4 Å². The highest BCUT2D eigenvalue weighted by Crippen LogP contribution is 2.38. The van der Waals surface area contributed by atoms with E-state index in [0.717, 1.165) is 12.4 Å². The summed E-state index contributed by atoms with van der Waals surface area (Å²) in [5, 5.41) is 0. The van der Waals surface area contributed by atoms with Crippen molar-refractivity contribution in [3.05, 3.63) is 48.2 Å². The van der Waals surface area contributed by atoms with E-state index >= 15 is 0 Å². The van der Waals surface area contributed by atoms with Crippen LogP contribution >= 0.6 is 0 Å². The summed E-state index contributed by atoms with van der Waals surface area (Å²) in [5.41, 5.74) is -1.05. The van der Waals surface area contributed by atoms with Gasteiger partial charge in [-0.3, -0.25) is 4.79 Å². The topological polar surface area (TPSA) is 58.6 Å². The summed E-state index contributed by atoms with van der Waals surface area (Å²) in [5.74, 6) is -0.395. The lowest BCUT2D eigenvalue weighted by molar-refractivity contribution is -0.141. The van der Waals surface area contributed by atoms with E-state index in [4.69, 9.17) is 4.74 Å². The molecule has 0 bridgehead atoms. The van der Waals surface area contributed by atoms with Gasteiger partial charge in [-0.2, -0.15) is 13.2 Å². The van der Waals surface area contributed by atoms with Crippen LogP contribution in [0.15, 0.2) is 36.7 Å². The molecular formula is C19H18F4N4O2. The molecule has 2 saturated heterocycles. The number of aromatic nitrogens is 2. The van der Waals surface area contributed by atoms with Crippen molar-refractivity contribution in [1.29, 1.82) is 0 Å². The smallest absolute Gasteiger partial charge is 0.379 e. The average Bonchev–Trinajstić information content (AvgIpc) is 2.86. The van der Waals surface area contributed by atoms with Crippen LogP contribution < -0.4 is 9.80 Å². The maximum Gasteiger partial charge on any atom is 0.433 e. The van der Waals surface area contributed by atoms with Gasteiger partial charge >= 0.3 is 6.18 Å². The van der Waals surface area contributed by atoms with Crippen molar-refractivity contribution in [2.24, 2.45) is 5.41 Å². The molecule has 1 aromatic carbocycles. The van der Waals surface area contributed by atoms with Crippen LogP contribution in [0.3, 0.4) is 0 Å². The summed E-state index contributed by atoms with van der Waals surface area (Å²) < 4.78 is 57.9. The molecule has 1 atom stereocenters. The van der Waals surface area contributed by atoms with Crippen LogP contribution in [0.2, 0.25) is 0 Å². The number of rotatable bonds is 2. The fourth-order valence-corrected chi connectivity index (χ4v) is 3.82. The molecule has 10 heteroatoms. The fraction of sp³-hybridized carbons (Fsp3) is 0.421. The van der Waals surface area contributed by atoms with Gasteiger partial charge in [-0.25, -0.2) is 14.4 Å². The van der Waals surface area contributed by atoms with E-state index in [1.54, 1.807) is 9.80 Å². The van der Waals surface area contributed by atoms with Crippen LogP contribution in [0, 0.1) is 11.2 Å². The van der Waals surface area contributed by atoms with E-state index in [1.807, 2.05) is 0 Å². The van der Waals surface area contributed by atoms with Gasteiger partial charge in [-0.05, 0) is 24.3 Å². The number of halogens is 4. The minimum atomic E-state index is -4.57. The molecule has 2 aromatic rings. The third kappa shape index (κ3) is 4.02. The van der Waals surface area contributed by atoms with Gasteiger partial charge < -0.3 is 14.5 Å². The lowest BCUT2D eigenvalue weighted by Crippen LogP contribution is -2.41. The van der Waals surface area contributed by atoms with Crippen LogP contribution in [0.1, 0.15) is 12.1 Å². The molecule has 3 heterocycles. The Morgan fingerprint density at radius 3 is 2.59 bits per heavy atom. The highest BCUT2D eigenvalue weighted by molar-refractivity contribution is 5.96. The summed E-state index contributed by atoms with van der Waals surface area (Å²) in [7, 11) is 0. The minimum Gasteiger partial charge on any atom is -0.379 e. The Bertz CT molecular complexity index is 906. The van der Waals surface area contributed by atoms with Gasteiger partial charge in [0.1, 0.15) is 23.7 Å². The Hall–Kier alpha value is -2.75. The molecule has 154 valence electrons. The predicted molar refractivity (Wildman–Crippen MR) is 95.9 cm³/mol. The van der Waals surface area contributed by atoms with Crippen molar-refractivity contribution in [2.45, 2.75) is 12.6 Å². The van der Waals surface area contributed by atoms with E-state index in [-0.39, 0.29) is 18.1 Å². The lowest BCUT2D eigenvalue weighted by Gasteiger charge is -2.32. The second-order valence-corrected chi connectivity index (χ2v) is 7.37. The molecular weight excluding hydrogens is 392 g/mol. The summed E-state index contributed by atoms with van der Waals surface area (Å²) in [6.45, 7) is 1.58. The third-order valence-electron chi connectivity index (χ3n) is 5.17. The largest absolute Gasteiger partial charge is 0.433 e. The number of carbonyl (C=O) groups is 1. The van der Waals surface area contributed by atoms with E-state index in [2.05, 4.69) is 9.97 Å². The number of anilines is 2. The van der Waals surface area contributed by atoms with Gasteiger partial charge in [0.15, 0.2) is 0 Å². The molecule has 1 aromatic heterocycles. The first-order valence-electron chi connectivity index (χ1n) is 9.04. The van der Waals surface area contributed by atoms with Gasteiger partial charge in [0.25, 0.3) is 0 Å². The first-order chi connectivity index (χ1) is 13.8. The molecule has 0 radical (unpaired) electrons. The van der Waals surface area contributed by atoms with Gasteiger partial charge in [0, 0.05) is 43.2 Å². The number of hydrogen-bond acceptors (Lipinski definition) is 5. The van der Waals surface area contributed by atoms with Crippen molar-refractivity contribution in [3.8, 4) is 0 Å². The Morgan fingerprint density at radius 2 is 1.86 bits per heavy atom. The zero-order chi connectivity index (χ0) is 20.6. The van der Waals surface area contributed by atoms with Crippen molar-refractivity contribution in [3.63, 3.8) is 0 Å². The van der Waals surface area contributed by atoms with Crippen LogP contribution in [0.4, 0.5) is 29.1 Å². The highest BCUT2D eigenvalue weighted by Gasteiger charge is 2.46. The number of nitrogens with zero attached hydrogens (tertiary/aromatic N) is 4. The van der Waals surface area contributed by atoms with Crippen LogP contribution in [-0.2, 0) is 15.7 Å². The molecule has 0 N–H and O–H groups in total. The molecule has 1 unspecified atom stereocenters. The molecule has 1 amide bonds. The first kappa shape index (κ1) is 19.6. The van der Waals surface area contributed by atoms with E-state index < -0.39 is 23.1 Å². The van der Waals surface area contributed by atoms with E-state index in [1.165, 1.54) is 24.3 Å². The van der Waals surface area contributed by atoms with Crippen LogP contribution in [0.5, 0.6) is 0 Å². The molecule has 0 saturated carbocycles. The second-order valence-electron chi connectivity index (χ2n) is 7.37. The zero-order valence-corrected chi connectivity index (χ0v) is 15.3.